The third-order valence-electron chi connectivity index (χ3n) is 4.35. The minimum atomic E-state index is -0.159. The predicted molar refractivity (Wildman–Crippen MR) is 101 cm³/mol. The number of guanidine groups is 1. The van der Waals surface area contributed by atoms with Gasteiger partial charge in [-0.2, -0.15) is 0 Å². The summed E-state index contributed by atoms with van der Waals surface area (Å²) in [6.07, 6.45) is 3.02. The molecule has 2 rings (SSSR count). The lowest BCUT2D eigenvalue weighted by Gasteiger charge is -2.25. The summed E-state index contributed by atoms with van der Waals surface area (Å²) in [5.74, 6) is 0.635. The van der Waals surface area contributed by atoms with E-state index in [2.05, 4.69) is 34.7 Å². The van der Waals surface area contributed by atoms with Crippen molar-refractivity contribution in [2.75, 3.05) is 40.3 Å². The van der Waals surface area contributed by atoms with Crippen LogP contribution in [0.15, 0.2) is 35.3 Å². The number of hydrogen-bond acceptors (Lipinski definition) is 3. The van der Waals surface area contributed by atoms with Crippen molar-refractivity contribution < 1.29 is 9.53 Å². The second-order valence-corrected chi connectivity index (χ2v) is 6.87. The van der Waals surface area contributed by atoms with Crippen LogP contribution in [0.25, 0.3) is 0 Å². The lowest BCUT2D eigenvalue weighted by molar-refractivity contribution is -0.127. The molecule has 1 unspecified atom stereocenters. The molecule has 0 bridgehead atoms. The SMILES string of the molecule is CN(C)C(=O)CN=C(NCCc1ccccc1)NCC1(C)CCCO1. The van der Waals surface area contributed by atoms with Crippen molar-refractivity contribution >= 4 is 11.9 Å². The molecule has 0 spiro atoms. The van der Waals surface area contributed by atoms with E-state index in [4.69, 9.17) is 4.74 Å². The Morgan fingerprint density at radius 1 is 1.28 bits per heavy atom. The van der Waals surface area contributed by atoms with Crippen LogP contribution in [0.5, 0.6) is 0 Å². The summed E-state index contributed by atoms with van der Waals surface area (Å²) in [5, 5.41) is 6.64. The first-order valence-electron chi connectivity index (χ1n) is 8.89. The van der Waals surface area contributed by atoms with E-state index in [0.717, 1.165) is 32.4 Å². The first-order valence-corrected chi connectivity index (χ1v) is 8.89. The van der Waals surface area contributed by atoms with Gasteiger partial charge in [0.15, 0.2) is 5.96 Å². The van der Waals surface area contributed by atoms with Crippen molar-refractivity contribution in [3.63, 3.8) is 0 Å². The Kier molecular flexibility index (Phi) is 7.25. The number of nitrogens with one attached hydrogen (secondary N) is 2. The number of amides is 1. The van der Waals surface area contributed by atoms with Gasteiger partial charge in [-0.15, -0.1) is 0 Å². The van der Waals surface area contributed by atoms with Gasteiger partial charge in [-0.05, 0) is 31.7 Å². The Balaban J connectivity index is 1.88. The van der Waals surface area contributed by atoms with Crippen molar-refractivity contribution in [3.05, 3.63) is 35.9 Å². The van der Waals surface area contributed by atoms with Gasteiger partial charge in [-0.3, -0.25) is 4.79 Å². The maximum absolute atomic E-state index is 11.8. The van der Waals surface area contributed by atoms with Gasteiger partial charge in [0.25, 0.3) is 0 Å². The van der Waals surface area contributed by atoms with Gasteiger partial charge in [-0.25, -0.2) is 4.99 Å². The molecule has 1 aromatic rings. The first kappa shape index (κ1) is 19.2. The molecule has 0 saturated carbocycles. The molecule has 1 saturated heterocycles. The molecule has 0 aromatic heterocycles. The van der Waals surface area contributed by atoms with E-state index in [1.54, 1.807) is 19.0 Å². The van der Waals surface area contributed by atoms with Gasteiger partial charge in [0.2, 0.25) is 5.91 Å². The fraction of sp³-hybridized carbons (Fsp3) is 0.579. The molecule has 1 aliphatic rings. The molecule has 1 heterocycles. The Morgan fingerprint density at radius 2 is 2.04 bits per heavy atom. The van der Waals surface area contributed by atoms with Crippen LogP contribution in [0.1, 0.15) is 25.3 Å². The maximum atomic E-state index is 11.8. The van der Waals surface area contributed by atoms with Crippen molar-refractivity contribution in [2.24, 2.45) is 4.99 Å². The average Bonchev–Trinajstić information content (AvgIpc) is 3.04. The fourth-order valence-electron chi connectivity index (χ4n) is 2.68. The summed E-state index contributed by atoms with van der Waals surface area (Å²) < 4.78 is 5.81. The largest absolute Gasteiger partial charge is 0.373 e. The number of aliphatic imine (C=N–C) groups is 1. The number of benzene rings is 1. The monoisotopic (exact) mass is 346 g/mol. The van der Waals surface area contributed by atoms with Crippen molar-refractivity contribution in [1.29, 1.82) is 0 Å². The molecule has 6 heteroatoms. The smallest absolute Gasteiger partial charge is 0.243 e. The molecule has 0 aliphatic carbocycles. The molecule has 1 aromatic carbocycles. The average molecular weight is 346 g/mol. The van der Waals surface area contributed by atoms with Gasteiger partial charge in [-0.1, -0.05) is 30.3 Å². The Labute approximate surface area is 150 Å². The second kappa shape index (κ2) is 9.42. The number of carbonyl (C=O) groups excluding carboxylic acids is 1. The van der Waals surface area contributed by atoms with E-state index < -0.39 is 0 Å². The standard InChI is InChI=1S/C19H30N4O2/c1-19(11-7-13-25-19)15-22-18(21-14-17(24)23(2)3)20-12-10-16-8-5-4-6-9-16/h4-6,8-9H,7,10-15H2,1-3H3,(H2,20,21,22). The Morgan fingerprint density at radius 3 is 2.68 bits per heavy atom. The quantitative estimate of drug-likeness (QED) is 0.579. The van der Waals surface area contributed by atoms with E-state index in [1.807, 2.05) is 18.2 Å². The van der Waals surface area contributed by atoms with Gasteiger partial charge in [0.1, 0.15) is 6.54 Å². The van der Waals surface area contributed by atoms with Crippen LogP contribution < -0.4 is 10.6 Å². The summed E-state index contributed by atoms with van der Waals surface area (Å²) in [5.41, 5.74) is 1.11. The third-order valence-corrected chi connectivity index (χ3v) is 4.35. The van der Waals surface area contributed by atoms with Crippen molar-refractivity contribution in [3.8, 4) is 0 Å². The number of rotatable bonds is 7. The summed E-state index contributed by atoms with van der Waals surface area (Å²) >= 11 is 0. The highest BCUT2D eigenvalue weighted by molar-refractivity contribution is 5.84. The number of likely N-dealkylation sites (N-methyl/N-ethyl adjacent to an activating group) is 1. The number of nitrogens with zero attached hydrogens (tertiary/aromatic N) is 2. The molecule has 1 amide bonds. The summed E-state index contributed by atoms with van der Waals surface area (Å²) in [6, 6.07) is 10.3. The zero-order valence-electron chi connectivity index (χ0n) is 15.5. The molecule has 1 fully saturated rings. The minimum Gasteiger partial charge on any atom is -0.373 e. The third kappa shape index (κ3) is 6.74. The molecule has 1 atom stereocenters. The fourth-order valence-corrected chi connectivity index (χ4v) is 2.68. The highest BCUT2D eigenvalue weighted by Gasteiger charge is 2.29. The molecule has 0 radical (unpaired) electrons. The van der Waals surface area contributed by atoms with Crippen LogP contribution in [0, 0.1) is 0 Å². The maximum Gasteiger partial charge on any atom is 0.243 e. The van der Waals surface area contributed by atoms with E-state index in [-0.39, 0.29) is 18.1 Å². The zero-order valence-corrected chi connectivity index (χ0v) is 15.5. The van der Waals surface area contributed by atoms with Crippen molar-refractivity contribution in [2.45, 2.75) is 31.8 Å². The van der Waals surface area contributed by atoms with Crippen molar-refractivity contribution in [1.82, 2.24) is 15.5 Å². The summed E-state index contributed by atoms with van der Waals surface area (Å²) in [6.45, 7) is 4.49. The van der Waals surface area contributed by atoms with Crippen LogP contribution in [-0.4, -0.2) is 62.7 Å². The summed E-state index contributed by atoms with van der Waals surface area (Å²) in [4.78, 5) is 17.8. The zero-order chi connectivity index (χ0) is 18.1. The van der Waals surface area contributed by atoms with Crippen LogP contribution in [0.3, 0.4) is 0 Å². The van der Waals surface area contributed by atoms with Crippen LogP contribution >= 0.6 is 0 Å². The lowest BCUT2D eigenvalue weighted by Crippen LogP contribution is -2.46. The molecule has 138 valence electrons. The molecule has 1 aliphatic heterocycles. The van der Waals surface area contributed by atoms with E-state index in [9.17, 15) is 4.79 Å². The number of carbonyl (C=O) groups is 1. The number of ether oxygens (including phenoxy) is 1. The summed E-state index contributed by atoms with van der Waals surface area (Å²) in [7, 11) is 3.47. The molecule has 2 N–H and O–H groups in total. The molecular formula is C19H30N4O2. The molecular weight excluding hydrogens is 316 g/mol. The van der Waals surface area contributed by atoms with Crippen LogP contribution in [0.2, 0.25) is 0 Å². The van der Waals surface area contributed by atoms with E-state index in [1.165, 1.54) is 5.56 Å². The van der Waals surface area contributed by atoms with Gasteiger partial charge in [0.05, 0.1) is 5.60 Å². The van der Waals surface area contributed by atoms with Crippen LogP contribution in [0.4, 0.5) is 0 Å². The lowest BCUT2D eigenvalue weighted by atomic mass is 10.0. The topological polar surface area (TPSA) is 66.0 Å². The van der Waals surface area contributed by atoms with Gasteiger partial charge < -0.3 is 20.3 Å². The molecule has 6 nitrogen and oxygen atoms in total. The Hall–Kier alpha value is -2.08. The Bertz CT molecular complexity index is 566. The highest BCUT2D eigenvalue weighted by Crippen LogP contribution is 2.23. The minimum absolute atomic E-state index is 0.0208. The van der Waals surface area contributed by atoms with E-state index in [0.29, 0.717) is 12.5 Å². The van der Waals surface area contributed by atoms with Gasteiger partial charge >= 0.3 is 0 Å². The number of hydrogen-bond donors (Lipinski definition) is 2. The molecule has 25 heavy (non-hydrogen) atoms. The van der Waals surface area contributed by atoms with E-state index >= 15 is 0 Å². The van der Waals surface area contributed by atoms with Crippen LogP contribution in [-0.2, 0) is 16.0 Å². The normalized spacial score (nSPS) is 20.4. The van der Waals surface area contributed by atoms with Gasteiger partial charge in [0, 0.05) is 33.8 Å². The predicted octanol–water partition coefficient (Wildman–Crippen LogP) is 1.42. The second-order valence-electron chi connectivity index (χ2n) is 6.87. The highest BCUT2D eigenvalue weighted by atomic mass is 16.5. The first-order chi connectivity index (χ1) is 12.0.